The number of primary amides is 1. The summed E-state index contributed by atoms with van der Waals surface area (Å²) in [6.07, 6.45) is 3.23. The maximum Gasteiger partial charge on any atom is 0.287 e. The van der Waals surface area contributed by atoms with Crippen molar-refractivity contribution in [3.05, 3.63) is 66.2 Å². The smallest absolute Gasteiger partial charge is 0.287 e. The zero-order chi connectivity index (χ0) is 20.4. The molecule has 1 saturated heterocycles. The summed E-state index contributed by atoms with van der Waals surface area (Å²) in [6, 6.07) is 17.8. The van der Waals surface area contributed by atoms with Gasteiger partial charge in [0, 0.05) is 18.7 Å². The molecule has 0 radical (unpaired) electrons. The van der Waals surface area contributed by atoms with E-state index in [9.17, 15) is 14.4 Å². The van der Waals surface area contributed by atoms with Crippen LogP contribution in [0, 0.1) is 5.41 Å². The predicted molar refractivity (Wildman–Crippen MR) is 110 cm³/mol. The standard InChI is InChI=1S/C23H25N3O3/c24-21(28)20(27)18(13-16-7-3-1-4-8-16)25-22(29)19-14-23(11-12-23)15-26(19)17-9-5-2-6-10-17/h1-10,18-19H,11-15H2,(H2,24,28)(H,25,29). The lowest BCUT2D eigenvalue weighted by Gasteiger charge is -2.27. The Hall–Kier alpha value is -3.15. The third kappa shape index (κ3) is 4.16. The second-order valence-corrected chi connectivity index (χ2v) is 8.16. The van der Waals surface area contributed by atoms with Gasteiger partial charge >= 0.3 is 0 Å². The molecule has 1 aliphatic heterocycles. The van der Waals surface area contributed by atoms with Crippen molar-refractivity contribution in [1.29, 1.82) is 0 Å². The fourth-order valence-electron chi connectivity index (χ4n) is 4.22. The average molecular weight is 391 g/mol. The number of anilines is 1. The van der Waals surface area contributed by atoms with Gasteiger partial charge in [-0.3, -0.25) is 14.4 Å². The zero-order valence-electron chi connectivity index (χ0n) is 16.2. The van der Waals surface area contributed by atoms with Crippen LogP contribution in [0.4, 0.5) is 5.69 Å². The van der Waals surface area contributed by atoms with Gasteiger partial charge in [0.25, 0.3) is 5.91 Å². The van der Waals surface area contributed by atoms with Gasteiger partial charge in [-0.1, -0.05) is 48.5 Å². The van der Waals surface area contributed by atoms with Crippen molar-refractivity contribution in [2.75, 3.05) is 11.4 Å². The van der Waals surface area contributed by atoms with E-state index in [1.165, 1.54) is 0 Å². The first-order valence-electron chi connectivity index (χ1n) is 9.97. The molecule has 3 N–H and O–H groups in total. The molecule has 2 amide bonds. The average Bonchev–Trinajstić information content (AvgIpc) is 3.38. The summed E-state index contributed by atoms with van der Waals surface area (Å²) in [5.74, 6) is -2.03. The summed E-state index contributed by atoms with van der Waals surface area (Å²) >= 11 is 0. The summed E-state index contributed by atoms with van der Waals surface area (Å²) in [4.78, 5) is 39.3. The Kier molecular flexibility index (Phi) is 5.09. The van der Waals surface area contributed by atoms with Gasteiger partial charge in [0.05, 0.1) is 0 Å². The molecule has 4 rings (SSSR count). The van der Waals surface area contributed by atoms with Crippen LogP contribution in [0.25, 0.3) is 0 Å². The third-order valence-electron chi connectivity index (χ3n) is 6.01. The molecule has 2 unspecified atom stereocenters. The first-order valence-corrected chi connectivity index (χ1v) is 9.97. The van der Waals surface area contributed by atoms with E-state index in [1.807, 2.05) is 60.7 Å². The number of hydrogen-bond donors (Lipinski definition) is 2. The lowest BCUT2D eigenvalue weighted by molar-refractivity contribution is -0.138. The quantitative estimate of drug-likeness (QED) is 0.705. The second kappa shape index (κ2) is 7.70. The maximum absolute atomic E-state index is 13.2. The Morgan fingerprint density at radius 3 is 2.24 bits per heavy atom. The third-order valence-corrected chi connectivity index (χ3v) is 6.01. The molecule has 2 fully saturated rings. The molecule has 0 bridgehead atoms. The molecule has 1 heterocycles. The molecule has 2 atom stereocenters. The van der Waals surface area contributed by atoms with Crippen molar-refractivity contribution >= 4 is 23.3 Å². The number of nitrogens with two attached hydrogens (primary N) is 1. The van der Waals surface area contributed by atoms with Gasteiger partial charge in [-0.25, -0.2) is 0 Å². The van der Waals surface area contributed by atoms with Crippen LogP contribution in [-0.2, 0) is 20.8 Å². The highest BCUT2D eigenvalue weighted by molar-refractivity contribution is 6.38. The predicted octanol–water partition coefficient (Wildman–Crippen LogP) is 1.83. The summed E-state index contributed by atoms with van der Waals surface area (Å²) < 4.78 is 0. The number of nitrogens with one attached hydrogen (secondary N) is 1. The lowest BCUT2D eigenvalue weighted by Crippen LogP contribution is -2.52. The number of hydrogen-bond acceptors (Lipinski definition) is 4. The first kappa shape index (κ1) is 19.2. The van der Waals surface area contributed by atoms with E-state index >= 15 is 0 Å². The highest BCUT2D eigenvalue weighted by Crippen LogP contribution is 2.55. The van der Waals surface area contributed by atoms with Crippen molar-refractivity contribution in [1.82, 2.24) is 5.32 Å². The van der Waals surface area contributed by atoms with E-state index in [-0.39, 0.29) is 23.8 Å². The fraction of sp³-hybridized carbons (Fsp3) is 0.348. The van der Waals surface area contributed by atoms with Crippen molar-refractivity contribution in [2.45, 2.75) is 37.8 Å². The molecule has 6 nitrogen and oxygen atoms in total. The SMILES string of the molecule is NC(=O)C(=O)C(Cc1ccccc1)NC(=O)C1CC2(CC2)CN1c1ccccc1. The summed E-state index contributed by atoms with van der Waals surface area (Å²) in [7, 11) is 0. The molecule has 1 spiro atoms. The summed E-state index contributed by atoms with van der Waals surface area (Å²) in [5.41, 5.74) is 7.29. The van der Waals surface area contributed by atoms with Gasteiger partial charge in [-0.2, -0.15) is 0 Å². The van der Waals surface area contributed by atoms with E-state index < -0.39 is 17.7 Å². The van der Waals surface area contributed by atoms with Gasteiger partial charge in [-0.15, -0.1) is 0 Å². The Morgan fingerprint density at radius 2 is 1.66 bits per heavy atom. The van der Waals surface area contributed by atoms with Crippen LogP contribution in [0.15, 0.2) is 60.7 Å². The van der Waals surface area contributed by atoms with E-state index in [4.69, 9.17) is 5.73 Å². The number of carbonyl (C=O) groups excluding carboxylic acids is 3. The minimum atomic E-state index is -1.03. The first-order chi connectivity index (χ1) is 14.0. The Morgan fingerprint density at radius 1 is 1.03 bits per heavy atom. The van der Waals surface area contributed by atoms with Crippen molar-refractivity contribution in [2.24, 2.45) is 11.1 Å². The molecule has 1 saturated carbocycles. The van der Waals surface area contributed by atoms with Crippen LogP contribution in [0.2, 0.25) is 0 Å². The number of benzene rings is 2. The van der Waals surface area contributed by atoms with Gasteiger partial charge in [-0.05, 0) is 42.4 Å². The topological polar surface area (TPSA) is 92.5 Å². The highest BCUT2D eigenvalue weighted by atomic mass is 16.2. The molecule has 2 aromatic rings. The van der Waals surface area contributed by atoms with E-state index in [0.717, 1.165) is 37.1 Å². The number of nitrogens with zero attached hydrogens (tertiary/aromatic N) is 1. The van der Waals surface area contributed by atoms with Crippen molar-refractivity contribution < 1.29 is 14.4 Å². The summed E-state index contributed by atoms with van der Waals surface area (Å²) in [5, 5.41) is 2.82. The molecule has 2 aromatic carbocycles. The van der Waals surface area contributed by atoms with Crippen LogP contribution < -0.4 is 16.0 Å². The van der Waals surface area contributed by atoms with Crippen LogP contribution in [0.3, 0.4) is 0 Å². The van der Waals surface area contributed by atoms with Gasteiger partial charge in [0.2, 0.25) is 11.7 Å². The number of para-hydroxylation sites is 1. The molecule has 1 aliphatic carbocycles. The van der Waals surface area contributed by atoms with Crippen LogP contribution in [0.5, 0.6) is 0 Å². The number of carbonyl (C=O) groups is 3. The largest absolute Gasteiger partial charge is 0.363 e. The molecule has 29 heavy (non-hydrogen) atoms. The molecular formula is C23H25N3O3. The van der Waals surface area contributed by atoms with Crippen molar-refractivity contribution in [3.8, 4) is 0 Å². The van der Waals surface area contributed by atoms with Gasteiger partial charge < -0.3 is 16.0 Å². The molecular weight excluding hydrogens is 366 g/mol. The lowest BCUT2D eigenvalue weighted by atomic mass is 9.99. The van der Waals surface area contributed by atoms with Crippen LogP contribution in [-0.4, -0.2) is 36.2 Å². The van der Waals surface area contributed by atoms with Crippen molar-refractivity contribution in [3.63, 3.8) is 0 Å². The Balaban J connectivity index is 1.54. The van der Waals surface area contributed by atoms with Crippen LogP contribution in [0.1, 0.15) is 24.8 Å². The number of rotatable bonds is 7. The normalized spacial score (nSPS) is 20.3. The second-order valence-electron chi connectivity index (χ2n) is 8.16. The maximum atomic E-state index is 13.2. The van der Waals surface area contributed by atoms with E-state index in [1.54, 1.807) is 0 Å². The zero-order valence-corrected chi connectivity index (χ0v) is 16.2. The van der Waals surface area contributed by atoms with Gasteiger partial charge in [0.15, 0.2) is 0 Å². The fourth-order valence-corrected chi connectivity index (χ4v) is 4.22. The monoisotopic (exact) mass is 391 g/mol. The van der Waals surface area contributed by atoms with Gasteiger partial charge in [0.1, 0.15) is 12.1 Å². The Labute approximate surface area is 170 Å². The van der Waals surface area contributed by atoms with E-state index in [2.05, 4.69) is 10.2 Å². The molecule has 6 heteroatoms. The number of Topliss-reactive ketones (excluding diaryl/α,β-unsaturated/α-hetero) is 1. The van der Waals surface area contributed by atoms with E-state index in [0.29, 0.717) is 0 Å². The minimum Gasteiger partial charge on any atom is -0.363 e. The minimum absolute atomic E-state index is 0.195. The molecule has 0 aromatic heterocycles. The molecule has 150 valence electrons. The number of ketones is 1. The highest BCUT2D eigenvalue weighted by Gasteiger charge is 2.54. The Bertz CT molecular complexity index is 909. The van der Waals surface area contributed by atoms with Crippen LogP contribution >= 0.6 is 0 Å². The molecule has 2 aliphatic rings. The summed E-state index contributed by atoms with van der Waals surface area (Å²) in [6.45, 7) is 0.836. The number of amides is 2.